The van der Waals surface area contributed by atoms with Gasteiger partial charge in [0.25, 0.3) is 0 Å². The fourth-order valence-electron chi connectivity index (χ4n) is 1.65. The van der Waals surface area contributed by atoms with Crippen LogP contribution < -0.4 is 9.97 Å². The van der Waals surface area contributed by atoms with E-state index in [1.165, 1.54) is 11.1 Å². The first-order chi connectivity index (χ1) is 6.31. The number of hydrogen-bond donors (Lipinski definition) is 1. The van der Waals surface area contributed by atoms with E-state index in [0.29, 0.717) is 5.94 Å². The molecule has 0 fully saturated rings. The van der Waals surface area contributed by atoms with Gasteiger partial charge in [0.15, 0.2) is 0 Å². The molecule has 0 spiro atoms. The van der Waals surface area contributed by atoms with Gasteiger partial charge in [-0.3, -0.25) is 0 Å². The number of benzene rings is 1. The van der Waals surface area contributed by atoms with Crippen molar-refractivity contribution >= 4 is 7.48 Å². The van der Waals surface area contributed by atoms with Gasteiger partial charge in [0.1, 0.15) is 5.75 Å². The number of rotatable bonds is 1. The molecule has 1 unspecified atom stereocenters. The van der Waals surface area contributed by atoms with Crippen LogP contribution in [0.15, 0.2) is 18.2 Å². The highest BCUT2D eigenvalue weighted by atomic mass is 16.4. The highest BCUT2D eigenvalue weighted by Crippen LogP contribution is 2.27. The topological polar surface area (TPSA) is 21.3 Å². The summed E-state index contributed by atoms with van der Waals surface area (Å²) in [6.45, 7) is 2.08. The van der Waals surface area contributed by atoms with Gasteiger partial charge >= 0.3 is 7.48 Å². The molecule has 0 bridgehead atoms. The van der Waals surface area contributed by atoms with Crippen LogP contribution in [0.2, 0.25) is 0 Å². The lowest BCUT2D eigenvalue weighted by Crippen LogP contribution is -2.39. The van der Waals surface area contributed by atoms with Crippen molar-refractivity contribution in [2.24, 2.45) is 0 Å². The van der Waals surface area contributed by atoms with Crippen molar-refractivity contribution in [3.8, 4) is 5.75 Å². The lowest BCUT2D eigenvalue weighted by atomic mass is 9.79. The SMILES string of the molecule is CNC1[B]Oc2c(C)cccc2C1. The van der Waals surface area contributed by atoms with E-state index in [0.717, 1.165) is 12.2 Å². The second kappa shape index (κ2) is 3.42. The highest BCUT2D eigenvalue weighted by Gasteiger charge is 2.21. The standard InChI is InChI=1S/C10H13BNO/c1-7-4-3-5-8-6-9(12-2)11-13-10(7)8/h3-5,9,12H,6H2,1-2H3. The Hall–Kier alpha value is -0.955. The molecule has 0 aromatic heterocycles. The van der Waals surface area contributed by atoms with E-state index in [1.54, 1.807) is 0 Å². The zero-order valence-corrected chi connectivity index (χ0v) is 8.00. The Bertz CT molecular complexity index is 314. The van der Waals surface area contributed by atoms with Gasteiger partial charge < -0.3 is 9.97 Å². The van der Waals surface area contributed by atoms with Crippen LogP contribution in [0.4, 0.5) is 0 Å². The summed E-state index contributed by atoms with van der Waals surface area (Å²) < 4.78 is 5.57. The molecule has 1 aliphatic heterocycles. The maximum absolute atomic E-state index is 5.57. The largest absolute Gasteiger partial charge is 0.561 e. The Morgan fingerprint density at radius 3 is 3.15 bits per heavy atom. The van der Waals surface area contributed by atoms with E-state index >= 15 is 0 Å². The molecule has 1 N–H and O–H groups in total. The zero-order chi connectivity index (χ0) is 9.26. The van der Waals surface area contributed by atoms with Crippen molar-refractivity contribution in [1.29, 1.82) is 0 Å². The number of para-hydroxylation sites is 1. The predicted octanol–water partition coefficient (Wildman–Crippen LogP) is 1.09. The molecule has 0 saturated heterocycles. The molecule has 1 heterocycles. The summed E-state index contributed by atoms with van der Waals surface area (Å²) >= 11 is 0. The van der Waals surface area contributed by atoms with Crippen molar-refractivity contribution < 1.29 is 4.65 Å². The molecule has 0 saturated carbocycles. The van der Waals surface area contributed by atoms with Crippen LogP contribution in [0.3, 0.4) is 0 Å². The van der Waals surface area contributed by atoms with E-state index < -0.39 is 0 Å². The summed E-state index contributed by atoms with van der Waals surface area (Å²) in [5.74, 6) is 1.38. The van der Waals surface area contributed by atoms with Crippen LogP contribution in [0.25, 0.3) is 0 Å². The van der Waals surface area contributed by atoms with Gasteiger partial charge in [-0.15, -0.1) is 0 Å². The van der Waals surface area contributed by atoms with E-state index in [4.69, 9.17) is 4.65 Å². The zero-order valence-electron chi connectivity index (χ0n) is 8.00. The Labute approximate surface area is 79.6 Å². The number of likely N-dealkylation sites (N-methyl/N-ethyl adjacent to an activating group) is 1. The van der Waals surface area contributed by atoms with Gasteiger partial charge in [-0.2, -0.15) is 0 Å². The number of fused-ring (bicyclic) bond motifs is 1. The number of aryl methyl sites for hydroxylation is 1. The first kappa shape index (κ1) is 8.63. The molecule has 1 aromatic rings. The summed E-state index contributed by atoms with van der Waals surface area (Å²) in [6.07, 6.45) is 1.02. The molecular formula is C10H13BNO. The normalized spacial score (nSPS) is 20.0. The van der Waals surface area contributed by atoms with Gasteiger partial charge in [-0.1, -0.05) is 18.2 Å². The van der Waals surface area contributed by atoms with Crippen LogP contribution >= 0.6 is 0 Å². The molecule has 67 valence electrons. The Morgan fingerprint density at radius 2 is 2.38 bits per heavy atom. The summed E-state index contributed by atoms with van der Waals surface area (Å²) in [5, 5.41) is 3.18. The molecule has 13 heavy (non-hydrogen) atoms. The van der Waals surface area contributed by atoms with Crippen LogP contribution in [0, 0.1) is 6.92 Å². The predicted molar refractivity (Wildman–Crippen MR) is 54.1 cm³/mol. The first-order valence-corrected chi connectivity index (χ1v) is 4.57. The number of hydrogen-bond acceptors (Lipinski definition) is 2. The van der Waals surface area contributed by atoms with E-state index in [-0.39, 0.29) is 0 Å². The number of nitrogens with one attached hydrogen (secondary N) is 1. The molecule has 2 nitrogen and oxygen atoms in total. The van der Waals surface area contributed by atoms with Crippen LogP contribution in [-0.2, 0) is 6.42 Å². The van der Waals surface area contributed by atoms with Crippen molar-refractivity contribution in [2.45, 2.75) is 19.3 Å². The second-order valence-corrected chi connectivity index (χ2v) is 3.42. The lowest BCUT2D eigenvalue weighted by molar-refractivity contribution is 0.511. The van der Waals surface area contributed by atoms with E-state index in [9.17, 15) is 0 Å². The molecule has 0 amide bonds. The van der Waals surface area contributed by atoms with Gasteiger partial charge in [-0.05, 0) is 31.5 Å². The van der Waals surface area contributed by atoms with Gasteiger partial charge in [0.05, 0.1) is 0 Å². The average molecular weight is 174 g/mol. The Balaban J connectivity index is 2.31. The maximum atomic E-state index is 5.57. The minimum absolute atomic E-state index is 0.342. The molecule has 1 radical (unpaired) electrons. The molecule has 1 aliphatic rings. The van der Waals surface area contributed by atoms with Gasteiger partial charge in [-0.25, -0.2) is 0 Å². The molecule has 1 aromatic carbocycles. The summed E-state index contributed by atoms with van der Waals surface area (Å²) in [6, 6.07) is 6.28. The first-order valence-electron chi connectivity index (χ1n) is 4.57. The summed E-state index contributed by atoms with van der Waals surface area (Å²) in [7, 11) is 3.82. The summed E-state index contributed by atoms with van der Waals surface area (Å²) in [5.41, 5.74) is 2.50. The van der Waals surface area contributed by atoms with Crippen molar-refractivity contribution in [1.82, 2.24) is 5.32 Å². The van der Waals surface area contributed by atoms with Crippen molar-refractivity contribution in [3.05, 3.63) is 29.3 Å². The average Bonchev–Trinajstić information content (AvgIpc) is 2.18. The third kappa shape index (κ3) is 1.56. The minimum atomic E-state index is 0.342. The maximum Gasteiger partial charge on any atom is 0.388 e. The monoisotopic (exact) mass is 174 g/mol. The van der Waals surface area contributed by atoms with E-state index in [2.05, 4.69) is 30.4 Å². The van der Waals surface area contributed by atoms with E-state index in [1.807, 2.05) is 14.5 Å². The lowest BCUT2D eigenvalue weighted by Gasteiger charge is -2.24. The third-order valence-corrected chi connectivity index (χ3v) is 2.45. The van der Waals surface area contributed by atoms with Crippen LogP contribution in [0.1, 0.15) is 11.1 Å². The van der Waals surface area contributed by atoms with Crippen LogP contribution in [0.5, 0.6) is 5.75 Å². The van der Waals surface area contributed by atoms with Gasteiger partial charge in [0.2, 0.25) is 0 Å². The second-order valence-electron chi connectivity index (χ2n) is 3.42. The Kier molecular flexibility index (Phi) is 2.27. The summed E-state index contributed by atoms with van der Waals surface area (Å²) in [4.78, 5) is 0. The molecule has 0 aliphatic carbocycles. The molecule has 1 atom stereocenters. The molecular weight excluding hydrogens is 161 g/mol. The van der Waals surface area contributed by atoms with Crippen molar-refractivity contribution in [3.63, 3.8) is 0 Å². The van der Waals surface area contributed by atoms with Crippen molar-refractivity contribution in [2.75, 3.05) is 7.05 Å². The smallest absolute Gasteiger partial charge is 0.388 e. The Morgan fingerprint density at radius 1 is 1.54 bits per heavy atom. The highest BCUT2D eigenvalue weighted by molar-refractivity contribution is 6.31. The molecule has 3 heteroatoms. The third-order valence-electron chi connectivity index (χ3n) is 2.45. The fourth-order valence-corrected chi connectivity index (χ4v) is 1.65. The molecule has 2 rings (SSSR count). The fraction of sp³-hybridized carbons (Fsp3) is 0.400. The van der Waals surface area contributed by atoms with Gasteiger partial charge in [0, 0.05) is 5.94 Å². The quantitative estimate of drug-likeness (QED) is 0.643. The minimum Gasteiger partial charge on any atom is -0.561 e. The van der Waals surface area contributed by atoms with Crippen LogP contribution in [-0.4, -0.2) is 20.5 Å².